The van der Waals surface area contributed by atoms with Gasteiger partial charge in [0.15, 0.2) is 4.90 Å². The summed E-state index contributed by atoms with van der Waals surface area (Å²) in [6, 6.07) is 3.32. The highest BCUT2D eigenvalue weighted by Crippen LogP contribution is 2.30. The van der Waals surface area contributed by atoms with Crippen LogP contribution < -0.4 is 5.32 Å². The molecule has 0 bridgehead atoms. The van der Waals surface area contributed by atoms with Crippen LogP contribution in [-0.2, 0) is 10.0 Å². The van der Waals surface area contributed by atoms with Gasteiger partial charge in [0.05, 0.1) is 4.92 Å². The Bertz CT molecular complexity index is 638. The van der Waals surface area contributed by atoms with Gasteiger partial charge in [-0.1, -0.05) is 11.6 Å². The molecule has 0 spiro atoms. The van der Waals surface area contributed by atoms with Crippen LogP contribution in [0.2, 0.25) is 5.02 Å². The number of rotatable bonds is 3. The minimum Gasteiger partial charge on any atom is -0.314 e. The van der Waals surface area contributed by atoms with Crippen LogP contribution in [-0.4, -0.2) is 43.3 Å². The number of halogens is 2. The number of sulfonamides is 1. The number of nitrogens with one attached hydrogen (secondary N) is 1. The van der Waals surface area contributed by atoms with Crippen molar-refractivity contribution in [2.45, 2.75) is 17.9 Å². The van der Waals surface area contributed by atoms with Crippen molar-refractivity contribution in [1.29, 1.82) is 0 Å². The summed E-state index contributed by atoms with van der Waals surface area (Å²) in [6.45, 7) is 3.07. The third-order valence-electron chi connectivity index (χ3n) is 3.14. The van der Waals surface area contributed by atoms with Gasteiger partial charge in [-0.2, -0.15) is 4.31 Å². The fraction of sp³-hybridized carbons (Fsp3) is 0.455. The van der Waals surface area contributed by atoms with E-state index < -0.39 is 20.6 Å². The van der Waals surface area contributed by atoms with Crippen LogP contribution in [0.15, 0.2) is 23.1 Å². The fourth-order valence-electron chi connectivity index (χ4n) is 2.16. The molecule has 1 aromatic rings. The molecule has 1 aliphatic rings. The molecule has 1 saturated heterocycles. The van der Waals surface area contributed by atoms with E-state index in [4.69, 9.17) is 11.6 Å². The zero-order chi connectivity index (χ0) is 14.9. The van der Waals surface area contributed by atoms with E-state index in [2.05, 4.69) is 5.32 Å². The topological polar surface area (TPSA) is 92.6 Å². The van der Waals surface area contributed by atoms with Crippen molar-refractivity contribution in [3.8, 4) is 0 Å². The standard InChI is InChI=1S/C11H14ClN3O4S.ClH/c1-8-7-13-4-5-14(8)20(18,19)11-3-2-9(12)6-10(11)15(16)17;/h2-3,6,8,13H,4-5,7H2,1H3;1H/t8-;/m1./s1. The maximum Gasteiger partial charge on any atom is 0.290 e. The van der Waals surface area contributed by atoms with E-state index in [1.807, 2.05) is 0 Å². The second-order valence-corrected chi connectivity index (χ2v) is 6.83. The first kappa shape index (κ1) is 18.1. The zero-order valence-corrected chi connectivity index (χ0v) is 13.5. The lowest BCUT2D eigenvalue weighted by molar-refractivity contribution is -0.387. The highest BCUT2D eigenvalue weighted by molar-refractivity contribution is 7.89. The monoisotopic (exact) mass is 355 g/mol. The third kappa shape index (κ3) is 3.64. The third-order valence-corrected chi connectivity index (χ3v) is 5.44. The molecule has 1 atom stereocenters. The maximum atomic E-state index is 12.6. The van der Waals surface area contributed by atoms with Gasteiger partial charge in [-0.3, -0.25) is 10.1 Å². The summed E-state index contributed by atoms with van der Waals surface area (Å²) in [6.07, 6.45) is 0. The van der Waals surface area contributed by atoms with E-state index >= 15 is 0 Å². The van der Waals surface area contributed by atoms with Gasteiger partial charge in [-0.25, -0.2) is 8.42 Å². The van der Waals surface area contributed by atoms with Crippen LogP contribution in [0, 0.1) is 10.1 Å². The maximum absolute atomic E-state index is 12.6. The number of hydrogen-bond donors (Lipinski definition) is 1. The van der Waals surface area contributed by atoms with Gasteiger partial charge in [0.25, 0.3) is 5.69 Å². The number of nitrogens with zero attached hydrogens (tertiary/aromatic N) is 2. The lowest BCUT2D eigenvalue weighted by atomic mass is 10.3. The molecule has 0 aromatic heterocycles. The lowest BCUT2D eigenvalue weighted by Gasteiger charge is -2.32. The van der Waals surface area contributed by atoms with Crippen LogP contribution in [0.5, 0.6) is 0 Å². The molecule has 0 aliphatic carbocycles. The van der Waals surface area contributed by atoms with E-state index in [-0.39, 0.29) is 34.9 Å². The molecule has 0 radical (unpaired) electrons. The van der Waals surface area contributed by atoms with Crippen molar-refractivity contribution in [2.75, 3.05) is 19.6 Å². The highest BCUT2D eigenvalue weighted by atomic mass is 35.5. The summed E-state index contributed by atoms with van der Waals surface area (Å²) in [5.41, 5.74) is -0.497. The number of benzene rings is 1. The molecule has 2 rings (SSSR count). The predicted octanol–water partition coefficient (Wildman–Crippen LogP) is 1.65. The highest BCUT2D eigenvalue weighted by Gasteiger charge is 2.35. The Balaban J connectivity index is 0.00000220. The van der Waals surface area contributed by atoms with Gasteiger partial charge in [-0.15, -0.1) is 12.4 Å². The molecule has 10 heteroatoms. The van der Waals surface area contributed by atoms with E-state index in [9.17, 15) is 18.5 Å². The predicted molar refractivity (Wildman–Crippen MR) is 81.6 cm³/mol. The zero-order valence-electron chi connectivity index (χ0n) is 11.2. The number of hydrogen-bond acceptors (Lipinski definition) is 5. The largest absolute Gasteiger partial charge is 0.314 e. The Morgan fingerprint density at radius 1 is 1.48 bits per heavy atom. The average Bonchev–Trinajstić information content (AvgIpc) is 2.38. The Labute approximate surface area is 133 Å². The minimum atomic E-state index is -3.91. The average molecular weight is 356 g/mol. The SMILES string of the molecule is C[C@@H]1CNCCN1S(=O)(=O)c1ccc(Cl)cc1[N+](=O)[O-].Cl. The van der Waals surface area contributed by atoms with E-state index in [1.165, 1.54) is 16.4 Å². The van der Waals surface area contributed by atoms with Gasteiger partial charge in [0.2, 0.25) is 10.0 Å². The smallest absolute Gasteiger partial charge is 0.290 e. The second-order valence-electron chi connectivity index (χ2n) is 4.54. The Kier molecular flexibility index (Phi) is 5.94. The molecule has 1 aliphatic heterocycles. The van der Waals surface area contributed by atoms with Crippen molar-refractivity contribution >= 4 is 39.7 Å². The first-order chi connectivity index (χ1) is 9.34. The summed E-state index contributed by atoms with van der Waals surface area (Å²) in [4.78, 5) is 9.99. The molecule has 1 aromatic carbocycles. The normalized spacial score (nSPS) is 19.8. The quantitative estimate of drug-likeness (QED) is 0.657. The van der Waals surface area contributed by atoms with E-state index in [0.29, 0.717) is 13.1 Å². The number of nitro benzene ring substituents is 1. The summed E-state index contributed by atoms with van der Waals surface area (Å²) < 4.78 is 26.4. The van der Waals surface area contributed by atoms with Crippen molar-refractivity contribution in [3.05, 3.63) is 33.3 Å². The van der Waals surface area contributed by atoms with Crippen molar-refractivity contribution in [2.24, 2.45) is 0 Å². The van der Waals surface area contributed by atoms with Crippen LogP contribution in [0.3, 0.4) is 0 Å². The molecular formula is C11H15Cl2N3O4S. The van der Waals surface area contributed by atoms with Gasteiger partial charge in [0.1, 0.15) is 0 Å². The molecule has 1 fully saturated rings. The Hall–Kier alpha value is -0.930. The fourth-order valence-corrected chi connectivity index (χ4v) is 4.09. The minimum absolute atomic E-state index is 0. The first-order valence-electron chi connectivity index (χ1n) is 6.00. The van der Waals surface area contributed by atoms with Gasteiger partial charge in [0, 0.05) is 36.8 Å². The summed E-state index contributed by atoms with van der Waals surface area (Å²) >= 11 is 5.70. The van der Waals surface area contributed by atoms with Crippen molar-refractivity contribution < 1.29 is 13.3 Å². The summed E-state index contributed by atoms with van der Waals surface area (Å²) in [7, 11) is -3.91. The molecule has 7 nitrogen and oxygen atoms in total. The lowest BCUT2D eigenvalue weighted by Crippen LogP contribution is -2.52. The van der Waals surface area contributed by atoms with E-state index in [1.54, 1.807) is 6.92 Å². The Morgan fingerprint density at radius 2 is 2.14 bits per heavy atom. The summed E-state index contributed by atoms with van der Waals surface area (Å²) in [5, 5.41) is 14.2. The van der Waals surface area contributed by atoms with Gasteiger partial charge >= 0.3 is 0 Å². The van der Waals surface area contributed by atoms with Gasteiger partial charge in [-0.05, 0) is 19.1 Å². The van der Waals surface area contributed by atoms with Crippen LogP contribution in [0.25, 0.3) is 0 Å². The molecule has 0 saturated carbocycles. The number of nitro groups is 1. The first-order valence-corrected chi connectivity index (χ1v) is 7.82. The van der Waals surface area contributed by atoms with Crippen LogP contribution in [0.4, 0.5) is 5.69 Å². The molecule has 21 heavy (non-hydrogen) atoms. The van der Waals surface area contributed by atoms with Crippen molar-refractivity contribution in [3.63, 3.8) is 0 Å². The summed E-state index contributed by atoms with van der Waals surface area (Å²) in [5.74, 6) is 0. The van der Waals surface area contributed by atoms with Gasteiger partial charge < -0.3 is 5.32 Å². The second kappa shape index (κ2) is 6.89. The molecule has 0 amide bonds. The molecule has 1 heterocycles. The van der Waals surface area contributed by atoms with E-state index in [0.717, 1.165) is 6.07 Å². The molecule has 118 valence electrons. The molecule has 1 N–H and O–H groups in total. The van der Waals surface area contributed by atoms with Crippen LogP contribution in [0.1, 0.15) is 6.92 Å². The molecular weight excluding hydrogens is 341 g/mol. The molecule has 0 unspecified atom stereocenters. The Morgan fingerprint density at radius 3 is 2.71 bits per heavy atom. The number of piperazine rings is 1. The van der Waals surface area contributed by atoms with Crippen LogP contribution >= 0.6 is 24.0 Å². The van der Waals surface area contributed by atoms with Crippen molar-refractivity contribution in [1.82, 2.24) is 9.62 Å².